The predicted molar refractivity (Wildman–Crippen MR) is 60.5 cm³/mol. The maximum absolute atomic E-state index is 10.2. The SMILES string of the molecule is [B]c1cc(CCOCC(=O)O)ccc1OC. The number of hydrogen-bond acceptors (Lipinski definition) is 3. The van der Waals surface area contributed by atoms with E-state index in [4.69, 9.17) is 22.4 Å². The molecule has 84 valence electrons. The van der Waals surface area contributed by atoms with E-state index in [0.29, 0.717) is 24.2 Å². The molecule has 0 bridgehead atoms. The normalized spacial score (nSPS) is 10.1. The van der Waals surface area contributed by atoms with Gasteiger partial charge in [0, 0.05) is 0 Å². The van der Waals surface area contributed by atoms with Crippen molar-refractivity contribution in [3.63, 3.8) is 0 Å². The summed E-state index contributed by atoms with van der Waals surface area (Å²) in [5.74, 6) is -0.329. The molecule has 0 aliphatic heterocycles. The minimum Gasteiger partial charge on any atom is -0.497 e. The molecule has 0 saturated heterocycles. The van der Waals surface area contributed by atoms with Gasteiger partial charge in [-0.25, -0.2) is 4.79 Å². The highest BCUT2D eigenvalue weighted by Gasteiger charge is 2.00. The highest BCUT2D eigenvalue weighted by atomic mass is 16.5. The van der Waals surface area contributed by atoms with Crippen molar-refractivity contribution >= 4 is 19.3 Å². The summed E-state index contributed by atoms with van der Waals surface area (Å²) in [6.07, 6.45) is 0.626. The molecule has 1 N–H and O–H groups in total. The van der Waals surface area contributed by atoms with Gasteiger partial charge in [0.05, 0.1) is 13.7 Å². The summed E-state index contributed by atoms with van der Waals surface area (Å²) in [6, 6.07) is 5.45. The Hall–Kier alpha value is -1.49. The fraction of sp³-hybridized carbons (Fsp3) is 0.364. The molecule has 5 heteroatoms. The van der Waals surface area contributed by atoms with Crippen LogP contribution in [0, 0.1) is 0 Å². The van der Waals surface area contributed by atoms with Gasteiger partial charge >= 0.3 is 5.97 Å². The van der Waals surface area contributed by atoms with E-state index < -0.39 is 5.97 Å². The van der Waals surface area contributed by atoms with E-state index in [1.54, 1.807) is 19.2 Å². The largest absolute Gasteiger partial charge is 0.497 e. The van der Waals surface area contributed by atoms with Gasteiger partial charge in [0.25, 0.3) is 0 Å². The minimum atomic E-state index is -0.964. The third-order valence-corrected chi connectivity index (χ3v) is 2.05. The van der Waals surface area contributed by atoms with Crippen molar-refractivity contribution in [3.8, 4) is 5.75 Å². The molecule has 0 fully saturated rings. The van der Waals surface area contributed by atoms with E-state index in [-0.39, 0.29) is 6.61 Å². The highest BCUT2D eigenvalue weighted by molar-refractivity contribution is 6.34. The number of carboxylic acids is 1. The van der Waals surface area contributed by atoms with Crippen LogP contribution in [0.2, 0.25) is 0 Å². The van der Waals surface area contributed by atoms with Crippen LogP contribution in [0.25, 0.3) is 0 Å². The summed E-state index contributed by atoms with van der Waals surface area (Å²) >= 11 is 0. The molecule has 0 saturated carbocycles. The second-order valence-corrected chi connectivity index (χ2v) is 3.27. The number of methoxy groups -OCH3 is 1. The highest BCUT2D eigenvalue weighted by Crippen LogP contribution is 2.08. The Morgan fingerprint density at radius 2 is 2.25 bits per heavy atom. The summed E-state index contributed by atoms with van der Waals surface area (Å²) in [5, 5.41) is 8.36. The molecule has 4 nitrogen and oxygen atoms in total. The molecule has 0 aromatic heterocycles. The maximum Gasteiger partial charge on any atom is 0.329 e. The molecule has 0 unspecified atom stereocenters. The molecule has 0 aliphatic rings. The Morgan fingerprint density at radius 1 is 1.50 bits per heavy atom. The minimum absolute atomic E-state index is 0.272. The predicted octanol–water partition coefficient (Wildman–Crippen LogP) is 0.133. The topological polar surface area (TPSA) is 55.8 Å². The van der Waals surface area contributed by atoms with Crippen LogP contribution in [-0.2, 0) is 16.0 Å². The lowest BCUT2D eigenvalue weighted by molar-refractivity contribution is -0.142. The average molecular weight is 220 g/mol. The molecule has 0 amide bonds. The molecule has 0 aliphatic carbocycles. The van der Waals surface area contributed by atoms with Crippen LogP contribution in [0.1, 0.15) is 5.56 Å². The molecule has 1 rings (SSSR count). The van der Waals surface area contributed by atoms with Gasteiger partial charge in [-0.05, 0) is 18.1 Å². The van der Waals surface area contributed by atoms with Crippen LogP contribution < -0.4 is 10.2 Å². The Balaban J connectivity index is 2.43. The second-order valence-electron chi connectivity index (χ2n) is 3.27. The number of aliphatic carboxylic acids is 1. The Labute approximate surface area is 95.6 Å². The molecule has 1 aromatic carbocycles. The average Bonchev–Trinajstić information content (AvgIpc) is 2.24. The van der Waals surface area contributed by atoms with Crippen molar-refractivity contribution in [2.45, 2.75) is 6.42 Å². The zero-order valence-electron chi connectivity index (χ0n) is 9.10. The molecule has 0 heterocycles. The number of rotatable bonds is 6. The van der Waals surface area contributed by atoms with Gasteiger partial charge in [-0.15, -0.1) is 0 Å². The first-order chi connectivity index (χ1) is 7.63. The van der Waals surface area contributed by atoms with Gasteiger partial charge in [-0.2, -0.15) is 0 Å². The quantitative estimate of drug-likeness (QED) is 0.547. The zero-order chi connectivity index (χ0) is 12.0. The van der Waals surface area contributed by atoms with E-state index >= 15 is 0 Å². The fourth-order valence-corrected chi connectivity index (χ4v) is 1.29. The van der Waals surface area contributed by atoms with Crippen LogP contribution in [-0.4, -0.2) is 39.2 Å². The van der Waals surface area contributed by atoms with Crippen LogP contribution in [0.3, 0.4) is 0 Å². The molecule has 2 radical (unpaired) electrons. The smallest absolute Gasteiger partial charge is 0.329 e. The van der Waals surface area contributed by atoms with Crippen LogP contribution in [0.5, 0.6) is 5.75 Å². The number of carboxylic acid groups (broad SMARTS) is 1. The molecular formula is C11H13BO4. The van der Waals surface area contributed by atoms with E-state index in [1.807, 2.05) is 6.07 Å². The zero-order valence-corrected chi connectivity index (χ0v) is 9.10. The standard InChI is InChI=1S/C11H13BO4/c1-15-10-3-2-8(6-9(10)12)4-5-16-7-11(13)14/h2-3,6H,4-5,7H2,1H3,(H,13,14). The van der Waals surface area contributed by atoms with Crippen LogP contribution in [0.15, 0.2) is 18.2 Å². The van der Waals surface area contributed by atoms with Gasteiger partial charge < -0.3 is 14.6 Å². The summed E-state index contributed by atoms with van der Waals surface area (Å²) < 4.78 is 9.95. The molecule has 0 spiro atoms. The van der Waals surface area contributed by atoms with Crippen molar-refractivity contribution in [1.29, 1.82) is 0 Å². The summed E-state index contributed by atoms with van der Waals surface area (Å²) in [6.45, 7) is 0.0870. The first-order valence-corrected chi connectivity index (χ1v) is 4.85. The number of ether oxygens (including phenoxy) is 2. The maximum atomic E-state index is 10.2. The Bertz CT molecular complexity index is 365. The van der Waals surface area contributed by atoms with Crippen molar-refractivity contribution < 1.29 is 19.4 Å². The first-order valence-electron chi connectivity index (χ1n) is 4.85. The number of carbonyl (C=O) groups is 1. The second kappa shape index (κ2) is 6.17. The van der Waals surface area contributed by atoms with Crippen molar-refractivity contribution in [3.05, 3.63) is 23.8 Å². The van der Waals surface area contributed by atoms with Gasteiger partial charge in [0.2, 0.25) is 0 Å². The lowest BCUT2D eigenvalue weighted by atomic mass is 9.92. The molecule has 1 aromatic rings. The molecule has 16 heavy (non-hydrogen) atoms. The number of benzene rings is 1. The van der Waals surface area contributed by atoms with Crippen LogP contribution in [0.4, 0.5) is 0 Å². The van der Waals surface area contributed by atoms with Gasteiger partial charge in [-0.1, -0.05) is 17.6 Å². The monoisotopic (exact) mass is 220 g/mol. The Morgan fingerprint density at radius 3 is 2.81 bits per heavy atom. The van der Waals surface area contributed by atoms with Crippen molar-refractivity contribution in [1.82, 2.24) is 0 Å². The molecule has 0 atom stereocenters. The van der Waals surface area contributed by atoms with Crippen LogP contribution >= 0.6 is 0 Å². The molecular weight excluding hydrogens is 207 g/mol. The van der Waals surface area contributed by atoms with Crippen molar-refractivity contribution in [2.75, 3.05) is 20.3 Å². The summed E-state index contributed by atoms with van der Waals surface area (Å²) in [4.78, 5) is 10.2. The lowest BCUT2D eigenvalue weighted by Gasteiger charge is -2.07. The van der Waals surface area contributed by atoms with E-state index in [9.17, 15) is 4.79 Å². The van der Waals surface area contributed by atoms with Gasteiger partial charge in [0.1, 0.15) is 20.2 Å². The van der Waals surface area contributed by atoms with Gasteiger partial charge in [0.15, 0.2) is 0 Å². The Kier molecular flexibility index (Phi) is 4.86. The lowest BCUT2D eigenvalue weighted by Crippen LogP contribution is -2.11. The van der Waals surface area contributed by atoms with E-state index in [1.165, 1.54) is 0 Å². The number of hydrogen-bond donors (Lipinski definition) is 1. The fourth-order valence-electron chi connectivity index (χ4n) is 1.29. The van der Waals surface area contributed by atoms with E-state index in [0.717, 1.165) is 5.56 Å². The third-order valence-electron chi connectivity index (χ3n) is 2.05. The summed E-state index contributed by atoms with van der Waals surface area (Å²) in [7, 11) is 7.28. The van der Waals surface area contributed by atoms with Crippen molar-refractivity contribution in [2.24, 2.45) is 0 Å². The first kappa shape index (κ1) is 12.6. The third kappa shape index (κ3) is 3.94. The van der Waals surface area contributed by atoms with E-state index in [2.05, 4.69) is 0 Å². The van der Waals surface area contributed by atoms with Gasteiger partial charge in [-0.3, -0.25) is 0 Å². The summed E-state index contributed by atoms with van der Waals surface area (Å²) in [5.41, 5.74) is 1.56.